The number of sulfonamides is 1. The van der Waals surface area contributed by atoms with Crippen molar-refractivity contribution in [2.24, 2.45) is 0 Å². The Bertz CT molecular complexity index is 1180. The highest BCUT2D eigenvalue weighted by Gasteiger charge is 2.27. The zero-order chi connectivity index (χ0) is 21.8. The number of ether oxygens (including phenoxy) is 2. The Balaban J connectivity index is 1.60. The highest BCUT2D eigenvalue weighted by atomic mass is 79.9. The van der Waals surface area contributed by atoms with E-state index in [1.165, 1.54) is 12.1 Å². The van der Waals surface area contributed by atoms with Crippen LogP contribution in [0.15, 0.2) is 82.2 Å². The molecule has 1 aliphatic heterocycles. The summed E-state index contributed by atoms with van der Waals surface area (Å²) in [6.45, 7) is 0.503. The van der Waals surface area contributed by atoms with Crippen LogP contribution in [0, 0.1) is 0 Å². The Labute approximate surface area is 188 Å². The molecule has 1 heterocycles. The predicted octanol–water partition coefficient (Wildman–Crippen LogP) is 4.05. The van der Waals surface area contributed by atoms with E-state index in [0.717, 1.165) is 8.78 Å². The molecule has 0 spiro atoms. The van der Waals surface area contributed by atoms with Crippen LogP contribution < -0.4 is 19.1 Å². The van der Waals surface area contributed by atoms with Crippen molar-refractivity contribution in [3.8, 4) is 11.5 Å². The van der Waals surface area contributed by atoms with Gasteiger partial charge in [-0.3, -0.25) is 9.10 Å². The molecule has 1 N–H and O–H groups in total. The van der Waals surface area contributed by atoms with E-state index in [1.54, 1.807) is 60.7 Å². The Morgan fingerprint density at radius 1 is 0.935 bits per heavy atom. The van der Waals surface area contributed by atoms with Gasteiger partial charge in [0.2, 0.25) is 5.91 Å². The normalized spacial score (nSPS) is 12.8. The number of anilines is 2. The summed E-state index contributed by atoms with van der Waals surface area (Å²) in [6.07, 6.45) is 0. The van der Waals surface area contributed by atoms with Gasteiger partial charge in [0.05, 0.1) is 10.6 Å². The molecule has 160 valence electrons. The fraction of sp³-hybridized carbons (Fsp3) is 0.136. The first kappa shape index (κ1) is 21.2. The van der Waals surface area contributed by atoms with Gasteiger partial charge in [-0.05, 0) is 48.5 Å². The van der Waals surface area contributed by atoms with Gasteiger partial charge >= 0.3 is 0 Å². The zero-order valence-electron chi connectivity index (χ0n) is 16.3. The lowest BCUT2D eigenvalue weighted by atomic mass is 10.2. The summed E-state index contributed by atoms with van der Waals surface area (Å²) >= 11 is 3.35. The summed E-state index contributed by atoms with van der Waals surface area (Å²) in [5.41, 5.74) is 0.867. The molecule has 1 aliphatic rings. The first-order chi connectivity index (χ1) is 14.9. The van der Waals surface area contributed by atoms with Crippen molar-refractivity contribution in [1.29, 1.82) is 0 Å². The highest BCUT2D eigenvalue weighted by Crippen LogP contribution is 2.32. The van der Waals surface area contributed by atoms with Crippen LogP contribution in [0.1, 0.15) is 0 Å². The van der Waals surface area contributed by atoms with Crippen molar-refractivity contribution in [2.45, 2.75) is 4.90 Å². The average Bonchev–Trinajstić information content (AvgIpc) is 2.78. The van der Waals surface area contributed by atoms with Crippen molar-refractivity contribution in [1.82, 2.24) is 0 Å². The first-order valence-electron chi connectivity index (χ1n) is 9.46. The van der Waals surface area contributed by atoms with Crippen LogP contribution in [0.25, 0.3) is 0 Å². The van der Waals surface area contributed by atoms with E-state index in [9.17, 15) is 13.2 Å². The van der Waals surface area contributed by atoms with Crippen molar-refractivity contribution in [2.75, 3.05) is 29.4 Å². The van der Waals surface area contributed by atoms with Crippen molar-refractivity contribution in [3.05, 3.63) is 77.3 Å². The van der Waals surface area contributed by atoms with Crippen molar-refractivity contribution in [3.63, 3.8) is 0 Å². The Hall–Kier alpha value is -3.04. The number of fused-ring (bicyclic) bond motifs is 1. The molecule has 0 radical (unpaired) electrons. The lowest BCUT2D eigenvalue weighted by Crippen LogP contribution is -2.38. The van der Waals surface area contributed by atoms with Crippen molar-refractivity contribution < 1.29 is 22.7 Å². The summed E-state index contributed by atoms with van der Waals surface area (Å²) in [5, 5.41) is 2.74. The lowest BCUT2D eigenvalue weighted by Gasteiger charge is -2.24. The van der Waals surface area contributed by atoms with Crippen LogP contribution in [-0.2, 0) is 14.8 Å². The summed E-state index contributed by atoms with van der Waals surface area (Å²) in [5.74, 6) is 0.650. The number of benzene rings is 3. The number of halogens is 1. The van der Waals surface area contributed by atoms with Gasteiger partial charge in [-0.2, -0.15) is 0 Å². The molecule has 0 aromatic heterocycles. The molecule has 0 saturated carbocycles. The number of amides is 1. The molecule has 0 atom stereocenters. The summed E-state index contributed by atoms with van der Waals surface area (Å²) in [6, 6.07) is 19.8. The lowest BCUT2D eigenvalue weighted by molar-refractivity contribution is -0.114. The highest BCUT2D eigenvalue weighted by molar-refractivity contribution is 9.10. The summed E-state index contributed by atoms with van der Waals surface area (Å²) in [7, 11) is -3.96. The molecular weight excluding hydrogens is 484 g/mol. The first-order valence-corrected chi connectivity index (χ1v) is 11.7. The average molecular weight is 503 g/mol. The van der Waals surface area contributed by atoms with Gasteiger partial charge < -0.3 is 14.8 Å². The standard InChI is InChI=1S/C22H19BrN2O5S/c23-16-6-9-18(10-7-16)25(31(27,28)19-4-2-1-3-5-19)15-22(26)24-17-8-11-20-21(14-17)30-13-12-29-20/h1-11,14H,12-13,15H2,(H,24,26). The number of nitrogens with zero attached hydrogens (tertiary/aromatic N) is 1. The number of hydrogen-bond acceptors (Lipinski definition) is 5. The Morgan fingerprint density at radius 3 is 2.32 bits per heavy atom. The van der Waals surface area contributed by atoms with E-state index >= 15 is 0 Å². The molecule has 0 fully saturated rings. The van der Waals surface area contributed by atoms with E-state index < -0.39 is 22.5 Å². The second-order valence-electron chi connectivity index (χ2n) is 6.71. The van der Waals surface area contributed by atoms with Crippen molar-refractivity contribution >= 4 is 43.2 Å². The molecule has 3 aromatic rings. The SMILES string of the molecule is O=C(CN(c1ccc(Br)cc1)S(=O)(=O)c1ccccc1)Nc1ccc2c(c1)OCCO2. The largest absolute Gasteiger partial charge is 0.486 e. The number of carbonyl (C=O) groups is 1. The maximum atomic E-state index is 13.3. The second kappa shape index (κ2) is 8.99. The Morgan fingerprint density at radius 2 is 1.61 bits per heavy atom. The van der Waals surface area contributed by atoms with E-state index in [2.05, 4.69) is 21.2 Å². The number of rotatable bonds is 6. The third-order valence-corrected chi connectivity index (χ3v) is 6.88. The fourth-order valence-electron chi connectivity index (χ4n) is 3.09. The Kier molecular flexibility index (Phi) is 6.15. The summed E-state index contributed by atoms with van der Waals surface area (Å²) < 4.78 is 39.5. The number of hydrogen-bond donors (Lipinski definition) is 1. The van der Waals surface area contributed by atoms with Gasteiger partial charge in [0.25, 0.3) is 10.0 Å². The second-order valence-corrected chi connectivity index (χ2v) is 9.49. The number of carbonyl (C=O) groups excluding carboxylic acids is 1. The minimum absolute atomic E-state index is 0.102. The van der Waals surface area contributed by atoms with Crippen LogP contribution in [0.3, 0.4) is 0 Å². The zero-order valence-corrected chi connectivity index (χ0v) is 18.7. The molecular formula is C22H19BrN2O5S. The molecule has 0 aliphatic carbocycles. The molecule has 0 saturated heterocycles. The summed E-state index contributed by atoms with van der Waals surface area (Å²) in [4.78, 5) is 12.9. The molecule has 3 aromatic carbocycles. The molecule has 0 bridgehead atoms. The van der Waals surface area contributed by atoms with E-state index in [4.69, 9.17) is 9.47 Å². The van der Waals surface area contributed by atoms with Gasteiger partial charge in [-0.25, -0.2) is 8.42 Å². The van der Waals surface area contributed by atoms with Crippen LogP contribution in [0.4, 0.5) is 11.4 Å². The van der Waals surface area contributed by atoms with Crippen LogP contribution >= 0.6 is 15.9 Å². The molecule has 7 nitrogen and oxygen atoms in total. The van der Waals surface area contributed by atoms with Crippen LogP contribution in [0.2, 0.25) is 0 Å². The van der Waals surface area contributed by atoms with Crippen LogP contribution in [0.5, 0.6) is 11.5 Å². The topological polar surface area (TPSA) is 84.9 Å². The molecule has 9 heteroatoms. The van der Waals surface area contributed by atoms with Crippen LogP contribution in [-0.4, -0.2) is 34.1 Å². The van der Waals surface area contributed by atoms with Gasteiger partial charge in [-0.1, -0.05) is 34.1 Å². The third kappa shape index (κ3) is 4.83. The quantitative estimate of drug-likeness (QED) is 0.549. The molecule has 0 unspecified atom stereocenters. The minimum Gasteiger partial charge on any atom is -0.486 e. The van der Waals surface area contributed by atoms with Gasteiger partial charge in [-0.15, -0.1) is 0 Å². The maximum absolute atomic E-state index is 13.3. The predicted molar refractivity (Wildman–Crippen MR) is 121 cm³/mol. The number of nitrogens with one attached hydrogen (secondary N) is 1. The van der Waals surface area contributed by atoms with Gasteiger partial charge in [0.1, 0.15) is 19.8 Å². The smallest absolute Gasteiger partial charge is 0.264 e. The monoisotopic (exact) mass is 502 g/mol. The maximum Gasteiger partial charge on any atom is 0.264 e. The van der Waals surface area contributed by atoms with E-state index in [1.807, 2.05) is 0 Å². The van der Waals surface area contributed by atoms with Gasteiger partial charge in [0, 0.05) is 16.2 Å². The van der Waals surface area contributed by atoms with E-state index in [0.29, 0.717) is 36.1 Å². The van der Waals surface area contributed by atoms with Gasteiger partial charge in [0.15, 0.2) is 11.5 Å². The molecule has 1 amide bonds. The fourth-order valence-corrected chi connectivity index (χ4v) is 4.80. The van der Waals surface area contributed by atoms with E-state index in [-0.39, 0.29) is 4.90 Å². The minimum atomic E-state index is -3.96. The molecule has 4 rings (SSSR count). The molecule has 31 heavy (non-hydrogen) atoms. The third-order valence-electron chi connectivity index (χ3n) is 4.56.